The van der Waals surface area contributed by atoms with Gasteiger partial charge in [0, 0.05) is 0 Å². The van der Waals surface area contributed by atoms with Gasteiger partial charge in [0.2, 0.25) is 0 Å². The number of rotatable bonds is 0. The Bertz CT molecular complexity index is 6.00. The maximum atomic E-state index is 4.50. The summed E-state index contributed by atoms with van der Waals surface area (Å²) in [4.78, 5) is 0. The zero-order valence-corrected chi connectivity index (χ0v) is 3.85. The summed E-state index contributed by atoms with van der Waals surface area (Å²) in [5.41, 5.74) is 9.00. The summed E-state index contributed by atoms with van der Waals surface area (Å²) in [5.74, 6) is 0. The molecule has 0 aromatic rings. The predicted molar refractivity (Wildman–Crippen MR) is 24.5 cm³/mol. The molecule has 0 rings (SSSR count). The van der Waals surface area contributed by atoms with Crippen LogP contribution in [0, 0.1) is 0 Å². The highest BCUT2D eigenvalue weighted by Gasteiger charge is 1.42. The van der Waals surface area contributed by atoms with Gasteiger partial charge in [-0.05, 0) is 0 Å². The molecule has 0 saturated heterocycles. The third-order valence-electron chi connectivity index (χ3n) is 0. The van der Waals surface area contributed by atoms with Gasteiger partial charge >= 0.3 is 7.55 Å². The van der Waals surface area contributed by atoms with E-state index in [4.69, 9.17) is 0 Å². The third kappa shape index (κ3) is 24.5. The van der Waals surface area contributed by atoms with Gasteiger partial charge in [0.1, 0.15) is 0 Å². The van der Waals surface area contributed by atoms with Crippen LogP contribution in [0.15, 0.2) is 0 Å². The van der Waals surface area contributed by atoms with Crippen molar-refractivity contribution >= 4 is 24.5 Å². The van der Waals surface area contributed by atoms with Crippen LogP contribution in [0.25, 0.3) is 0 Å². The molecule has 0 aliphatic heterocycles. The maximum absolute atomic E-state index is 4.50. The summed E-state index contributed by atoms with van der Waals surface area (Å²) < 4.78 is 0. The second kappa shape index (κ2) is 9.81. The van der Waals surface area contributed by atoms with E-state index in [1.54, 1.807) is 0 Å². The number of hydrogen-bond donors (Lipinski definition) is 2. The first kappa shape index (κ1) is 8.82. The molecule has 0 aromatic heterocycles. The minimum absolute atomic E-state index is 0. The van der Waals surface area contributed by atoms with Crippen LogP contribution in [-0.2, 0) is 0 Å². The Kier molecular flexibility index (Phi) is 21.6. The molecule has 0 spiro atoms. The monoisotopic (exact) mass is 123 g/mol. The maximum Gasteiger partial charge on any atom is 0.301 e. The van der Waals surface area contributed by atoms with E-state index in [1.165, 1.54) is 0 Å². The Labute approximate surface area is 36.6 Å². The molecule has 0 amide bonds. The van der Waals surface area contributed by atoms with Crippen LogP contribution in [0.2, 0.25) is 0 Å². The van der Waals surface area contributed by atoms with E-state index in [0.29, 0.717) is 0 Å². The normalized spacial score (nSPS) is 3.50. The molecule has 0 saturated carbocycles. The molecule has 2 nitrogen and oxygen atoms in total. The van der Waals surface area contributed by atoms with Crippen LogP contribution in [-0.4, -0.2) is 7.55 Å². The lowest BCUT2D eigenvalue weighted by Crippen LogP contribution is -2.15. The highest BCUT2D eigenvalue weighted by molar-refractivity contribution is 8.93. The van der Waals surface area contributed by atoms with Crippen molar-refractivity contribution in [2.45, 2.75) is 0 Å². The van der Waals surface area contributed by atoms with Crippen molar-refractivity contribution in [3.63, 3.8) is 0 Å². The predicted octanol–water partition coefficient (Wildman–Crippen LogP) is -0.984. The largest absolute Gasteiger partial charge is 0.360 e. The van der Waals surface area contributed by atoms with Gasteiger partial charge in [-0.2, -0.15) is 0 Å². The SMILES string of the molecule is Br.N[B]N. The molecule has 0 bridgehead atoms. The van der Waals surface area contributed by atoms with Gasteiger partial charge < -0.3 is 11.3 Å². The van der Waals surface area contributed by atoms with Gasteiger partial charge in [-0.25, -0.2) is 0 Å². The first-order valence-electron chi connectivity index (χ1n) is 0.667. The quantitative estimate of drug-likeness (QED) is 0.407. The fourth-order valence-electron chi connectivity index (χ4n) is 0. The van der Waals surface area contributed by atoms with Crippen LogP contribution in [0.4, 0.5) is 0 Å². The number of halogens is 1. The minimum Gasteiger partial charge on any atom is -0.360 e. The van der Waals surface area contributed by atoms with Gasteiger partial charge in [0.05, 0.1) is 0 Å². The molecule has 0 aliphatic carbocycles. The molecule has 0 fully saturated rings. The second-order valence-corrected chi connectivity index (χ2v) is 0.192. The van der Waals surface area contributed by atoms with Gasteiger partial charge in [-0.15, -0.1) is 17.0 Å². The summed E-state index contributed by atoms with van der Waals surface area (Å²) in [6, 6.07) is 0. The van der Waals surface area contributed by atoms with Crippen molar-refractivity contribution in [3.05, 3.63) is 0 Å². The smallest absolute Gasteiger partial charge is 0.301 e. The second-order valence-electron chi connectivity index (χ2n) is 0.192. The topological polar surface area (TPSA) is 52.0 Å². The molecule has 1 radical (unpaired) electrons. The molecule has 0 unspecified atom stereocenters. The molecule has 0 aliphatic rings. The number of nitrogens with two attached hydrogens (primary N) is 2. The lowest BCUT2D eigenvalue weighted by Gasteiger charge is -1.48. The average molecular weight is 124 g/mol. The molecule has 4 heavy (non-hydrogen) atoms. The van der Waals surface area contributed by atoms with E-state index in [-0.39, 0.29) is 17.0 Å². The van der Waals surface area contributed by atoms with E-state index in [9.17, 15) is 0 Å². The van der Waals surface area contributed by atoms with Crippen LogP contribution in [0.3, 0.4) is 0 Å². The summed E-state index contributed by atoms with van der Waals surface area (Å²) in [7, 11) is 1.00. The molecule has 25 valence electrons. The Morgan fingerprint density at radius 3 is 1.25 bits per heavy atom. The lowest BCUT2D eigenvalue weighted by molar-refractivity contribution is 1.76. The van der Waals surface area contributed by atoms with E-state index in [2.05, 4.69) is 11.3 Å². The van der Waals surface area contributed by atoms with Crippen molar-refractivity contribution in [1.29, 1.82) is 0 Å². The van der Waals surface area contributed by atoms with Gasteiger partial charge in [0.25, 0.3) is 0 Å². The lowest BCUT2D eigenvalue weighted by atomic mass is 10.3. The van der Waals surface area contributed by atoms with Crippen molar-refractivity contribution in [2.24, 2.45) is 11.3 Å². The Hall–Kier alpha value is 0.465. The fourth-order valence-corrected chi connectivity index (χ4v) is 0. The number of hydrogen-bond acceptors (Lipinski definition) is 2. The molecule has 0 atom stereocenters. The van der Waals surface area contributed by atoms with Gasteiger partial charge in [-0.1, -0.05) is 0 Å². The van der Waals surface area contributed by atoms with Crippen molar-refractivity contribution in [2.75, 3.05) is 0 Å². The van der Waals surface area contributed by atoms with Crippen molar-refractivity contribution in [1.82, 2.24) is 0 Å². The third-order valence-corrected chi connectivity index (χ3v) is 0. The summed E-state index contributed by atoms with van der Waals surface area (Å²) >= 11 is 0. The first-order chi connectivity index (χ1) is 1.41. The molecule has 4 heteroatoms. The zero-order valence-electron chi connectivity index (χ0n) is 2.14. The Morgan fingerprint density at radius 2 is 1.25 bits per heavy atom. The molecular weight excluding hydrogens is 119 g/mol. The Balaban J connectivity index is 0. The summed E-state index contributed by atoms with van der Waals surface area (Å²) in [6.45, 7) is 0. The van der Waals surface area contributed by atoms with Crippen LogP contribution in [0.5, 0.6) is 0 Å². The van der Waals surface area contributed by atoms with E-state index < -0.39 is 0 Å². The summed E-state index contributed by atoms with van der Waals surface area (Å²) in [5, 5.41) is 0. The molecule has 4 N–H and O–H groups in total. The zero-order chi connectivity index (χ0) is 2.71. The minimum atomic E-state index is 0. The van der Waals surface area contributed by atoms with Crippen molar-refractivity contribution in [3.8, 4) is 0 Å². The van der Waals surface area contributed by atoms with Crippen LogP contribution in [0.1, 0.15) is 0 Å². The molecular formula is H5BBrN2. The van der Waals surface area contributed by atoms with Gasteiger partial charge in [0.15, 0.2) is 0 Å². The van der Waals surface area contributed by atoms with E-state index in [0.717, 1.165) is 7.55 Å². The standard InChI is InChI=1S/BH4N2.BrH/c2-1-3;/h2-3H2;1H. The van der Waals surface area contributed by atoms with E-state index in [1.807, 2.05) is 0 Å². The van der Waals surface area contributed by atoms with Gasteiger partial charge in [-0.3, -0.25) is 0 Å². The first-order valence-corrected chi connectivity index (χ1v) is 0.667. The molecule has 0 heterocycles. The average Bonchev–Trinajstić information content (AvgIpc) is 0.918. The highest BCUT2D eigenvalue weighted by atomic mass is 79.9. The van der Waals surface area contributed by atoms with Crippen molar-refractivity contribution < 1.29 is 0 Å². The van der Waals surface area contributed by atoms with Crippen LogP contribution >= 0.6 is 17.0 Å². The summed E-state index contributed by atoms with van der Waals surface area (Å²) in [6.07, 6.45) is 0. The van der Waals surface area contributed by atoms with Crippen LogP contribution < -0.4 is 11.3 Å². The molecule has 0 aromatic carbocycles. The van der Waals surface area contributed by atoms with E-state index >= 15 is 0 Å². The fraction of sp³-hybridized carbons (Fsp3) is 0. The highest BCUT2D eigenvalue weighted by Crippen LogP contribution is 0.846. The Morgan fingerprint density at radius 1 is 1.25 bits per heavy atom.